The molecule has 6 heteroatoms. The number of hydrogen-bond donors (Lipinski definition) is 1. The van der Waals surface area contributed by atoms with Gasteiger partial charge >= 0.3 is 0 Å². The number of carbonyl (C=O) groups excluding carboxylic acids is 1. The minimum absolute atomic E-state index is 0. The third-order valence-corrected chi connectivity index (χ3v) is 9.96. The summed E-state index contributed by atoms with van der Waals surface area (Å²) in [7, 11) is 0. The maximum Gasteiger partial charge on any atom is 0.162 e. The van der Waals surface area contributed by atoms with Gasteiger partial charge in [0, 0.05) is 55.5 Å². The van der Waals surface area contributed by atoms with E-state index in [-0.39, 0.29) is 37.7 Å². The molecule has 1 aromatic heterocycles. The molecule has 3 aromatic carbocycles. The van der Waals surface area contributed by atoms with Crippen molar-refractivity contribution in [2.45, 2.75) is 106 Å². The molecule has 1 heterocycles. The SMILES string of the molecule is Cc1[c-]c(-c2ncc(-c3cc(C)c(C#N)cc3C)nc2-c2cc(C)cc(C)c2)cc(C)c1.O=C(/C=C(\O)C1CCCCC1)C1CCCCC1.[Ir]. The number of aryl methyl sites for hydroxylation is 6. The van der Waals surface area contributed by atoms with Gasteiger partial charge < -0.3 is 10.1 Å². The Hall–Kier alpha value is -3.91. The van der Waals surface area contributed by atoms with Crippen LogP contribution in [0.15, 0.2) is 60.5 Å². The normalized spacial score (nSPS) is 15.3. The smallest absolute Gasteiger partial charge is 0.162 e. The predicted octanol–water partition coefficient (Wildman–Crippen LogP) is 11.2. The number of nitriles is 1. The Balaban J connectivity index is 0.000000264. The zero-order valence-electron chi connectivity index (χ0n) is 30.5. The Kier molecular flexibility index (Phi) is 13.9. The minimum atomic E-state index is 0. The molecule has 6 rings (SSSR count). The molecule has 0 atom stereocenters. The molecular weight excluding hydrogens is 795 g/mol. The molecule has 4 aromatic rings. The molecule has 50 heavy (non-hydrogen) atoms. The van der Waals surface area contributed by atoms with Gasteiger partial charge in [-0.05, 0) is 82.2 Å². The van der Waals surface area contributed by atoms with E-state index in [0.717, 1.165) is 76.1 Å². The van der Waals surface area contributed by atoms with Gasteiger partial charge in [0.25, 0.3) is 0 Å². The van der Waals surface area contributed by atoms with Crippen molar-refractivity contribution in [1.82, 2.24) is 9.97 Å². The summed E-state index contributed by atoms with van der Waals surface area (Å²) < 4.78 is 0. The summed E-state index contributed by atoms with van der Waals surface area (Å²) in [5, 5.41) is 19.4. The Morgan fingerprint density at radius 3 is 1.98 bits per heavy atom. The zero-order chi connectivity index (χ0) is 35.1. The van der Waals surface area contributed by atoms with Crippen LogP contribution in [-0.2, 0) is 24.9 Å². The second-order valence-electron chi connectivity index (χ2n) is 14.3. The number of aromatic nitrogens is 2. The van der Waals surface area contributed by atoms with Crippen LogP contribution in [0.3, 0.4) is 0 Å². The molecule has 0 saturated heterocycles. The molecule has 1 radical (unpaired) electrons. The topological polar surface area (TPSA) is 86.9 Å². The summed E-state index contributed by atoms with van der Waals surface area (Å²) in [6.45, 7) is 12.3. The van der Waals surface area contributed by atoms with E-state index in [4.69, 9.17) is 9.97 Å². The van der Waals surface area contributed by atoms with E-state index < -0.39 is 0 Å². The van der Waals surface area contributed by atoms with Crippen molar-refractivity contribution >= 4 is 5.78 Å². The predicted molar refractivity (Wildman–Crippen MR) is 199 cm³/mol. The van der Waals surface area contributed by atoms with Crippen LogP contribution in [0, 0.1) is 70.8 Å². The van der Waals surface area contributed by atoms with Crippen molar-refractivity contribution in [3.63, 3.8) is 0 Å². The van der Waals surface area contributed by atoms with Crippen molar-refractivity contribution in [3.05, 3.63) is 106 Å². The fourth-order valence-electron chi connectivity index (χ4n) is 7.43. The summed E-state index contributed by atoms with van der Waals surface area (Å²) in [5.41, 5.74) is 12.7. The first-order valence-electron chi connectivity index (χ1n) is 17.9. The summed E-state index contributed by atoms with van der Waals surface area (Å²) in [5.74, 6) is 0.985. The van der Waals surface area contributed by atoms with Crippen molar-refractivity contribution in [3.8, 4) is 39.8 Å². The van der Waals surface area contributed by atoms with Gasteiger partial charge in [0.15, 0.2) is 5.78 Å². The van der Waals surface area contributed by atoms with Gasteiger partial charge in [-0.25, -0.2) is 0 Å². The minimum Gasteiger partial charge on any atom is -0.512 e. The van der Waals surface area contributed by atoms with E-state index in [1.807, 2.05) is 32.2 Å². The van der Waals surface area contributed by atoms with Gasteiger partial charge in [0.05, 0.1) is 28.8 Å². The third kappa shape index (κ3) is 9.87. The molecular formula is C44H50IrN3O2-. The van der Waals surface area contributed by atoms with Crippen molar-refractivity contribution in [2.24, 2.45) is 11.8 Å². The molecule has 2 fully saturated rings. The molecule has 2 saturated carbocycles. The third-order valence-electron chi connectivity index (χ3n) is 9.96. The molecule has 2 aliphatic rings. The average Bonchev–Trinajstić information content (AvgIpc) is 3.09. The molecule has 0 unspecified atom stereocenters. The Morgan fingerprint density at radius 2 is 1.38 bits per heavy atom. The molecule has 0 amide bonds. The number of hydrogen-bond acceptors (Lipinski definition) is 5. The van der Waals surface area contributed by atoms with Crippen LogP contribution in [0.1, 0.15) is 103 Å². The van der Waals surface area contributed by atoms with Gasteiger partial charge in [-0.1, -0.05) is 81.7 Å². The number of nitrogens with zero attached hydrogens (tertiary/aromatic N) is 3. The van der Waals surface area contributed by atoms with Gasteiger partial charge in [-0.3, -0.25) is 9.78 Å². The summed E-state index contributed by atoms with van der Waals surface area (Å²) in [6, 6.07) is 20.4. The molecule has 5 nitrogen and oxygen atoms in total. The van der Waals surface area contributed by atoms with Gasteiger partial charge in [0.1, 0.15) is 0 Å². The number of ketones is 1. The Morgan fingerprint density at radius 1 is 0.780 bits per heavy atom. The molecule has 0 bridgehead atoms. The van der Waals surface area contributed by atoms with Crippen molar-refractivity contribution in [2.75, 3.05) is 0 Å². The summed E-state index contributed by atoms with van der Waals surface area (Å²) >= 11 is 0. The monoisotopic (exact) mass is 845 g/mol. The first-order valence-corrected chi connectivity index (χ1v) is 17.9. The van der Waals surface area contributed by atoms with Gasteiger partial charge in [0.2, 0.25) is 0 Å². The van der Waals surface area contributed by atoms with Crippen molar-refractivity contribution in [1.29, 1.82) is 5.26 Å². The van der Waals surface area contributed by atoms with Crippen LogP contribution in [0.25, 0.3) is 33.8 Å². The molecule has 2 aliphatic carbocycles. The van der Waals surface area contributed by atoms with Crippen molar-refractivity contribution < 1.29 is 30.0 Å². The number of aliphatic hydroxyl groups is 1. The van der Waals surface area contributed by atoms with Crippen LogP contribution >= 0.6 is 0 Å². The number of aliphatic hydroxyl groups excluding tert-OH is 1. The molecule has 263 valence electrons. The number of allylic oxidation sites excluding steroid dienone is 2. The van der Waals surface area contributed by atoms with E-state index in [1.54, 1.807) is 6.08 Å². The summed E-state index contributed by atoms with van der Waals surface area (Å²) in [6.07, 6.45) is 14.8. The number of rotatable bonds is 6. The Bertz CT molecular complexity index is 1850. The molecule has 1 N–H and O–H groups in total. The van der Waals surface area contributed by atoms with Gasteiger partial charge in [-0.2, -0.15) is 5.26 Å². The fourth-order valence-corrected chi connectivity index (χ4v) is 7.43. The largest absolute Gasteiger partial charge is 0.512 e. The fraction of sp³-hybridized carbons (Fsp3) is 0.409. The summed E-state index contributed by atoms with van der Waals surface area (Å²) in [4.78, 5) is 22.0. The second kappa shape index (κ2) is 17.8. The zero-order valence-corrected chi connectivity index (χ0v) is 32.8. The van der Waals surface area contributed by atoms with Crippen LogP contribution in [0.2, 0.25) is 0 Å². The standard InChI is InChI=1S/C29H26N3.C15H24O2.Ir/c1-17-7-18(2)10-23(9-17)28-29(24-11-19(3)8-20(4)12-24)32-27(16-31-28)26-14-21(5)25(15-30)13-22(26)6;16-14(12-7-3-1-4-8-12)11-15(17)13-9-5-2-6-10-13;/h7-9,11-14,16H,1-6H3;11-13,16H,1-10H2;/q-1;;/b;14-11-;. The van der Waals surface area contributed by atoms with E-state index >= 15 is 0 Å². The quantitative estimate of drug-likeness (QED) is 0.119. The second-order valence-corrected chi connectivity index (χ2v) is 14.3. The molecule has 0 aliphatic heterocycles. The number of carbonyl (C=O) groups is 1. The number of benzene rings is 3. The van der Waals surface area contributed by atoms with E-state index in [0.29, 0.717) is 11.3 Å². The van der Waals surface area contributed by atoms with Crippen LogP contribution in [0.5, 0.6) is 0 Å². The van der Waals surface area contributed by atoms with Crippen LogP contribution in [0.4, 0.5) is 0 Å². The first-order chi connectivity index (χ1) is 23.5. The van der Waals surface area contributed by atoms with E-state index in [9.17, 15) is 15.2 Å². The van der Waals surface area contributed by atoms with E-state index in [2.05, 4.69) is 70.2 Å². The van der Waals surface area contributed by atoms with E-state index in [1.165, 1.54) is 55.2 Å². The maximum atomic E-state index is 12.0. The Labute approximate surface area is 312 Å². The van der Waals surface area contributed by atoms with Crippen LogP contribution in [-0.4, -0.2) is 20.9 Å². The van der Waals surface area contributed by atoms with Gasteiger partial charge in [-0.15, -0.1) is 34.9 Å². The maximum absolute atomic E-state index is 12.0. The van der Waals surface area contributed by atoms with Crippen LogP contribution < -0.4 is 0 Å². The average molecular weight is 845 g/mol. The molecule has 0 spiro atoms. The first kappa shape index (κ1) is 38.9.